The molecule has 8 rings (SSSR count). The largest absolute Gasteiger partial charge is 0.0636 e. The van der Waals surface area contributed by atoms with Gasteiger partial charge in [0, 0.05) is 0 Å². The zero-order chi connectivity index (χ0) is 42.1. The second-order valence-electron chi connectivity index (χ2n) is 9.08. The lowest BCUT2D eigenvalue weighted by molar-refractivity contribution is 1.65. The molecule has 0 saturated carbocycles. The second-order valence-corrected chi connectivity index (χ2v) is 9.08. The van der Waals surface area contributed by atoms with E-state index in [4.69, 9.17) is 17.8 Å². The van der Waals surface area contributed by atoms with Crippen molar-refractivity contribution in [2.45, 2.75) is 0 Å². The van der Waals surface area contributed by atoms with E-state index in [-0.39, 0.29) is 83.8 Å². The van der Waals surface area contributed by atoms with E-state index in [0.717, 1.165) is 12.1 Å². The molecule has 8 aromatic carbocycles. The summed E-state index contributed by atoms with van der Waals surface area (Å²) in [6.45, 7) is 0. The van der Waals surface area contributed by atoms with Crippen LogP contribution < -0.4 is 0 Å². The van der Waals surface area contributed by atoms with E-state index in [9.17, 15) is 6.85 Å². The van der Waals surface area contributed by atoms with Crippen LogP contribution in [0.15, 0.2) is 157 Å². The number of rotatable bonds is 3. The van der Waals surface area contributed by atoms with Crippen LogP contribution in [-0.4, -0.2) is 0 Å². The smallest absolute Gasteiger partial charge is 0.0622 e. The van der Waals surface area contributed by atoms with E-state index in [2.05, 4.69) is 0 Å². The van der Waals surface area contributed by atoms with Crippen molar-refractivity contribution in [1.29, 1.82) is 0 Å². The first-order valence-electron chi connectivity index (χ1n) is 21.4. The molecular weight excluding hydrogens is 480 g/mol. The predicted molar refractivity (Wildman–Crippen MR) is 173 cm³/mol. The van der Waals surface area contributed by atoms with Crippen LogP contribution in [-0.2, 0) is 0 Å². The molecule has 0 bridgehead atoms. The molecule has 0 aliphatic heterocycles. The molecule has 0 saturated heterocycles. The minimum Gasteiger partial charge on any atom is -0.0622 e. The highest BCUT2D eigenvalue weighted by Crippen LogP contribution is 2.46. The minimum absolute atomic E-state index is 0.0309. The molecule has 0 nitrogen and oxygen atoms in total. The molecule has 40 heavy (non-hydrogen) atoms. The molecule has 0 fully saturated rings. The Morgan fingerprint density at radius 1 is 0.350 bits per heavy atom. The fraction of sp³-hybridized carbons (Fsp3) is 0. The fourth-order valence-electron chi connectivity index (χ4n) is 5.26. The predicted octanol–water partition coefficient (Wildman–Crippen LogP) is 11.3. The summed E-state index contributed by atoms with van der Waals surface area (Å²) in [6, 6.07) is 2.06. The van der Waals surface area contributed by atoms with E-state index < -0.39 is 90.6 Å². The Labute approximate surface area is 259 Å². The Morgan fingerprint density at radius 3 is 1.57 bits per heavy atom. The van der Waals surface area contributed by atoms with Gasteiger partial charge < -0.3 is 0 Å². The summed E-state index contributed by atoms with van der Waals surface area (Å²) in [6.07, 6.45) is 0. The lowest BCUT2D eigenvalue weighted by Crippen LogP contribution is -1.92. The van der Waals surface area contributed by atoms with Crippen LogP contribution in [0.3, 0.4) is 0 Å². The van der Waals surface area contributed by atoms with E-state index in [1.165, 1.54) is 0 Å². The SMILES string of the molecule is [2H]c1cc([2H])c(-c2c3c([2H])c([2H])c([2H])c([2H])c3c(-c3cccc4c(-c5c([2H])c([2H])c6c([2H])c([2H])c([2H])c([2H])c6c5[2H])cccc34)c3c([2H])c([2H])c([2H])c([2H])c23)c([2H])c1. The van der Waals surface area contributed by atoms with Gasteiger partial charge in [0.25, 0.3) is 0 Å². The Kier molecular flexibility index (Phi) is 2.56. The summed E-state index contributed by atoms with van der Waals surface area (Å²) >= 11 is 0. The van der Waals surface area contributed by atoms with Crippen LogP contribution in [0.1, 0.15) is 24.7 Å². The molecule has 0 aliphatic carbocycles. The zero-order valence-corrected chi connectivity index (χ0v) is 20.6. The Morgan fingerprint density at radius 2 is 0.900 bits per heavy atom. The normalized spacial score (nSPS) is 17.8. The standard InChI is InChI=1S/C40H26/c1-2-13-28(14-3-1)39-35-16-6-8-18-37(35)40(38-19-9-7-17-36(38)39)34-23-11-21-32-31(20-10-22-33(32)34)30-25-24-27-12-4-5-15-29(27)26-30/h1-26H/i1D,4D,5D,6D,7D,8D,9D,12D,13D,14D,15D,16D,17D,18D,19D,24D,25D,26D. The van der Waals surface area contributed by atoms with Crippen LogP contribution in [0.4, 0.5) is 0 Å². The highest BCUT2D eigenvalue weighted by molar-refractivity contribution is 6.24. The fourth-order valence-corrected chi connectivity index (χ4v) is 5.26. The second kappa shape index (κ2) is 9.22. The third-order valence-electron chi connectivity index (χ3n) is 6.94. The maximum Gasteiger partial charge on any atom is 0.0636 e. The van der Waals surface area contributed by atoms with Crippen molar-refractivity contribution >= 4 is 43.1 Å². The first kappa shape index (κ1) is 11.1. The van der Waals surface area contributed by atoms with Gasteiger partial charge in [0.2, 0.25) is 0 Å². The lowest BCUT2D eigenvalue weighted by Gasteiger charge is -2.19. The molecule has 0 heterocycles. The summed E-state index contributed by atoms with van der Waals surface area (Å²) in [5, 5.41) is -0.679. The zero-order valence-electron chi connectivity index (χ0n) is 38.6. The monoisotopic (exact) mass is 524 g/mol. The van der Waals surface area contributed by atoms with Gasteiger partial charge in [-0.25, -0.2) is 0 Å². The molecular formula is C40H26. The van der Waals surface area contributed by atoms with Crippen molar-refractivity contribution in [2.75, 3.05) is 0 Å². The highest BCUT2D eigenvalue weighted by atomic mass is 14.2. The van der Waals surface area contributed by atoms with E-state index in [1.54, 1.807) is 36.4 Å². The van der Waals surface area contributed by atoms with Crippen molar-refractivity contribution in [3.05, 3.63) is 157 Å². The first-order valence-corrected chi connectivity index (χ1v) is 12.4. The van der Waals surface area contributed by atoms with Crippen molar-refractivity contribution in [2.24, 2.45) is 0 Å². The molecule has 186 valence electrons. The third-order valence-corrected chi connectivity index (χ3v) is 6.94. The Balaban J connectivity index is 1.62. The van der Waals surface area contributed by atoms with E-state index in [0.29, 0.717) is 10.8 Å². The first-order chi connectivity index (χ1) is 27.3. The maximum absolute atomic E-state index is 9.28. The van der Waals surface area contributed by atoms with Crippen molar-refractivity contribution < 1.29 is 24.7 Å². The lowest BCUT2D eigenvalue weighted by atomic mass is 9.84. The topological polar surface area (TPSA) is 0 Å². The molecule has 0 aliphatic rings. The van der Waals surface area contributed by atoms with E-state index in [1.807, 2.05) is 0 Å². The van der Waals surface area contributed by atoms with Gasteiger partial charge in [-0.3, -0.25) is 0 Å². The third kappa shape index (κ3) is 3.54. The Bertz CT molecular complexity index is 3100. The molecule has 0 spiro atoms. The molecule has 0 unspecified atom stereocenters. The van der Waals surface area contributed by atoms with Gasteiger partial charge >= 0.3 is 0 Å². The van der Waals surface area contributed by atoms with Gasteiger partial charge in [-0.15, -0.1) is 0 Å². The molecule has 0 atom stereocenters. The van der Waals surface area contributed by atoms with Gasteiger partial charge in [0.05, 0.1) is 24.7 Å². The minimum atomic E-state index is -0.674. The maximum atomic E-state index is 9.28. The molecule has 8 aromatic rings. The van der Waals surface area contributed by atoms with Crippen LogP contribution in [0.2, 0.25) is 0 Å². The van der Waals surface area contributed by atoms with Gasteiger partial charge in [-0.1, -0.05) is 151 Å². The molecule has 0 amide bonds. The summed E-state index contributed by atoms with van der Waals surface area (Å²) < 4.78 is 158. The highest BCUT2D eigenvalue weighted by Gasteiger charge is 2.18. The van der Waals surface area contributed by atoms with Gasteiger partial charge in [0.15, 0.2) is 0 Å². The van der Waals surface area contributed by atoms with Crippen LogP contribution in [0.25, 0.3) is 76.5 Å². The molecule has 0 heteroatoms. The van der Waals surface area contributed by atoms with Crippen LogP contribution in [0.5, 0.6) is 0 Å². The summed E-state index contributed by atoms with van der Waals surface area (Å²) in [7, 11) is 0. The van der Waals surface area contributed by atoms with Gasteiger partial charge in [-0.2, -0.15) is 0 Å². The summed E-state index contributed by atoms with van der Waals surface area (Å²) in [5.74, 6) is 0. The van der Waals surface area contributed by atoms with Crippen LogP contribution in [0, 0.1) is 0 Å². The number of hydrogen-bond acceptors (Lipinski definition) is 0. The van der Waals surface area contributed by atoms with Crippen molar-refractivity contribution in [1.82, 2.24) is 0 Å². The van der Waals surface area contributed by atoms with Crippen molar-refractivity contribution in [3.8, 4) is 33.4 Å². The summed E-state index contributed by atoms with van der Waals surface area (Å²) in [5.41, 5.74) is -0.148. The van der Waals surface area contributed by atoms with Crippen LogP contribution >= 0.6 is 0 Å². The average Bonchev–Trinajstić information content (AvgIpc) is 3.19. The van der Waals surface area contributed by atoms with E-state index >= 15 is 0 Å². The molecule has 0 aromatic heterocycles. The quantitative estimate of drug-likeness (QED) is 0.202. The number of hydrogen-bond donors (Lipinski definition) is 0. The molecule has 0 radical (unpaired) electrons. The average molecular weight is 525 g/mol. The number of benzene rings is 8. The number of fused-ring (bicyclic) bond motifs is 4. The summed E-state index contributed by atoms with van der Waals surface area (Å²) in [4.78, 5) is 0. The Hall–Kier alpha value is -5.20. The van der Waals surface area contributed by atoms with Gasteiger partial charge in [-0.05, 0) is 82.5 Å². The molecule has 0 N–H and O–H groups in total. The van der Waals surface area contributed by atoms with Gasteiger partial charge in [0.1, 0.15) is 0 Å². The van der Waals surface area contributed by atoms with Crippen molar-refractivity contribution in [3.63, 3.8) is 0 Å².